The lowest BCUT2D eigenvalue weighted by molar-refractivity contribution is 0.0767. The van der Waals surface area contributed by atoms with Gasteiger partial charge in [-0.1, -0.05) is 18.9 Å². The van der Waals surface area contributed by atoms with Crippen LogP contribution in [-0.4, -0.2) is 20.8 Å². The van der Waals surface area contributed by atoms with Gasteiger partial charge in [0.2, 0.25) is 0 Å². The summed E-state index contributed by atoms with van der Waals surface area (Å²) >= 11 is 5.43. The number of H-pyrrole nitrogens is 1. The maximum absolute atomic E-state index is 10.2. The number of aromatic amines is 1. The van der Waals surface area contributed by atoms with E-state index in [4.69, 9.17) is 12.2 Å². The van der Waals surface area contributed by atoms with Gasteiger partial charge in [0, 0.05) is 0 Å². The van der Waals surface area contributed by atoms with Crippen LogP contribution in [0.2, 0.25) is 0 Å². The molecule has 1 aliphatic rings. The maximum Gasteiger partial charge on any atom is 0.178 e. The third-order valence-corrected chi connectivity index (χ3v) is 4.20. The summed E-state index contributed by atoms with van der Waals surface area (Å²) in [5, 5.41) is 10.2. The van der Waals surface area contributed by atoms with Crippen molar-refractivity contribution in [1.29, 1.82) is 0 Å². The molecule has 2 N–H and O–H groups in total. The van der Waals surface area contributed by atoms with Gasteiger partial charge < -0.3 is 14.7 Å². The molecule has 1 aromatic carbocycles. The Kier molecular flexibility index (Phi) is 2.99. The first-order valence-electron chi connectivity index (χ1n) is 6.56. The highest BCUT2D eigenvalue weighted by atomic mass is 32.1. The van der Waals surface area contributed by atoms with Crippen LogP contribution in [0.1, 0.15) is 37.3 Å². The van der Waals surface area contributed by atoms with E-state index in [0.717, 1.165) is 35.1 Å². The Hall–Kier alpha value is -1.13. The molecule has 3 rings (SSSR count). The van der Waals surface area contributed by atoms with Gasteiger partial charge in [-0.3, -0.25) is 0 Å². The normalized spacial score (nSPS) is 24.6. The number of nitrogens with zero attached hydrogens (tertiary/aromatic N) is 1. The van der Waals surface area contributed by atoms with Crippen molar-refractivity contribution >= 4 is 23.3 Å². The number of aromatic nitrogens is 2. The summed E-state index contributed by atoms with van der Waals surface area (Å²) in [6.07, 6.45) is 3.90. The lowest BCUT2D eigenvalue weighted by Gasteiger charge is -2.29. The van der Waals surface area contributed by atoms with E-state index in [2.05, 4.69) is 34.7 Å². The van der Waals surface area contributed by atoms with Crippen molar-refractivity contribution in [1.82, 2.24) is 9.55 Å². The molecule has 3 nitrogen and oxygen atoms in total. The van der Waals surface area contributed by atoms with Crippen molar-refractivity contribution in [2.24, 2.45) is 0 Å². The fourth-order valence-corrected chi connectivity index (χ4v) is 3.30. The van der Waals surface area contributed by atoms with E-state index in [-0.39, 0.29) is 12.1 Å². The van der Waals surface area contributed by atoms with Crippen LogP contribution in [0, 0.1) is 11.7 Å². The van der Waals surface area contributed by atoms with Crippen LogP contribution in [0.3, 0.4) is 0 Å². The van der Waals surface area contributed by atoms with Crippen LogP contribution in [0.25, 0.3) is 11.0 Å². The molecule has 1 aliphatic carbocycles. The summed E-state index contributed by atoms with van der Waals surface area (Å²) in [5.41, 5.74) is 3.39. The highest BCUT2D eigenvalue weighted by Gasteiger charge is 2.26. The third-order valence-electron chi connectivity index (χ3n) is 3.90. The van der Waals surface area contributed by atoms with Gasteiger partial charge in [0.15, 0.2) is 4.77 Å². The van der Waals surface area contributed by atoms with Crippen molar-refractivity contribution in [2.75, 3.05) is 0 Å². The van der Waals surface area contributed by atoms with E-state index in [1.165, 1.54) is 12.0 Å². The first-order valence-corrected chi connectivity index (χ1v) is 6.96. The van der Waals surface area contributed by atoms with Crippen molar-refractivity contribution in [3.05, 3.63) is 28.5 Å². The molecule has 96 valence electrons. The molecule has 1 saturated carbocycles. The average Bonchev–Trinajstić information content (AvgIpc) is 2.66. The quantitative estimate of drug-likeness (QED) is 0.772. The Balaban J connectivity index is 2.18. The SMILES string of the molecule is Cc1ccc2[nH]c(=S)n(C3CCCCC3O)c2c1. The topological polar surface area (TPSA) is 41.0 Å². The Bertz CT molecular complexity index is 628. The van der Waals surface area contributed by atoms with E-state index in [0.29, 0.717) is 0 Å². The molecule has 2 unspecified atom stereocenters. The molecule has 4 heteroatoms. The Morgan fingerprint density at radius 2 is 2.11 bits per heavy atom. The smallest absolute Gasteiger partial charge is 0.178 e. The fraction of sp³-hybridized carbons (Fsp3) is 0.500. The number of hydrogen-bond acceptors (Lipinski definition) is 2. The standard InChI is InChI=1S/C14H18N2OS/c1-9-6-7-10-12(8-9)16(14(18)15-10)11-4-2-3-5-13(11)17/h6-8,11,13,17H,2-5H2,1H3,(H,15,18). The molecule has 1 aromatic heterocycles. The molecule has 0 bridgehead atoms. The van der Waals surface area contributed by atoms with Crippen molar-refractivity contribution in [2.45, 2.75) is 44.8 Å². The zero-order valence-corrected chi connectivity index (χ0v) is 11.3. The Morgan fingerprint density at radius 1 is 1.33 bits per heavy atom. The number of aliphatic hydroxyl groups is 1. The zero-order chi connectivity index (χ0) is 12.7. The van der Waals surface area contributed by atoms with E-state index >= 15 is 0 Å². The van der Waals surface area contributed by atoms with Gasteiger partial charge in [-0.05, 0) is 49.7 Å². The number of aliphatic hydroxyl groups excluding tert-OH is 1. The lowest BCUT2D eigenvalue weighted by Crippen LogP contribution is -2.27. The van der Waals surface area contributed by atoms with Gasteiger partial charge in [0.05, 0.1) is 23.2 Å². The third kappa shape index (κ3) is 1.89. The van der Waals surface area contributed by atoms with Crippen LogP contribution < -0.4 is 0 Å². The first-order chi connectivity index (χ1) is 8.66. The van der Waals surface area contributed by atoms with Gasteiger partial charge >= 0.3 is 0 Å². The zero-order valence-electron chi connectivity index (χ0n) is 10.5. The molecule has 0 saturated heterocycles. The summed E-state index contributed by atoms with van der Waals surface area (Å²) < 4.78 is 2.84. The van der Waals surface area contributed by atoms with Crippen molar-refractivity contribution < 1.29 is 5.11 Å². The van der Waals surface area contributed by atoms with Crippen molar-refractivity contribution in [3.8, 4) is 0 Å². The summed E-state index contributed by atoms with van der Waals surface area (Å²) in [6.45, 7) is 2.08. The van der Waals surface area contributed by atoms with E-state index in [9.17, 15) is 5.11 Å². The van der Waals surface area contributed by atoms with Crippen LogP contribution in [0.4, 0.5) is 0 Å². The molecule has 2 atom stereocenters. The van der Waals surface area contributed by atoms with E-state index in [1.807, 2.05) is 0 Å². The van der Waals surface area contributed by atoms with Gasteiger partial charge in [-0.15, -0.1) is 0 Å². The molecular weight excluding hydrogens is 244 g/mol. The minimum absolute atomic E-state index is 0.127. The van der Waals surface area contributed by atoms with E-state index < -0.39 is 0 Å². The highest BCUT2D eigenvalue weighted by molar-refractivity contribution is 7.71. The van der Waals surface area contributed by atoms with E-state index in [1.54, 1.807) is 0 Å². The fourth-order valence-electron chi connectivity index (χ4n) is 2.95. The number of benzene rings is 1. The summed E-state index contributed by atoms with van der Waals surface area (Å²) in [6, 6.07) is 6.41. The number of fused-ring (bicyclic) bond motifs is 1. The lowest BCUT2D eigenvalue weighted by atomic mass is 9.92. The minimum Gasteiger partial charge on any atom is -0.391 e. The number of hydrogen-bond donors (Lipinski definition) is 2. The Morgan fingerprint density at radius 3 is 2.89 bits per heavy atom. The van der Waals surface area contributed by atoms with Gasteiger partial charge in [-0.25, -0.2) is 0 Å². The van der Waals surface area contributed by atoms with Gasteiger partial charge in [-0.2, -0.15) is 0 Å². The van der Waals surface area contributed by atoms with Crippen LogP contribution in [-0.2, 0) is 0 Å². The van der Waals surface area contributed by atoms with Gasteiger partial charge in [0.1, 0.15) is 0 Å². The second-order valence-corrected chi connectivity index (χ2v) is 5.63. The molecule has 0 spiro atoms. The maximum atomic E-state index is 10.2. The predicted molar refractivity (Wildman–Crippen MR) is 75.4 cm³/mol. The summed E-state index contributed by atoms with van der Waals surface area (Å²) in [7, 11) is 0. The largest absolute Gasteiger partial charge is 0.391 e. The predicted octanol–water partition coefficient (Wildman–Crippen LogP) is 3.48. The molecule has 18 heavy (non-hydrogen) atoms. The molecule has 1 fully saturated rings. The minimum atomic E-state index is -0.273. The molecule has 0 amide bonds. The molecule has 0 aliphatic heterocycles. The molecular formula is C14H18N2OS. The molecule has 0 radical (unpaired) electrons. The second-order valence-electron chi connectivity index (χ2n) is 5.24. The van der Waals surface area contributed by atoms with Crippen LogP contribution >= 0.6 is 12.2 Å². The first kappa shape index (κ1) is 11.9. The molecule has 1 heterocycles. The van der Waals surface area contributed by atoms with Crippen LogP contribution in [0.5, 0.6) is 0 Å². The van der Waals surface area contributed by atoms with Crippen LogP contribution in [0.15, 0.2) is 18.2 Å². The van der Waals surface area contributed by atoms with Crippen molar-refractivity contribution in [3.63, 3.8) is 0 Å². The summed E-state index contributed by atoms with van der Waals surface area (Å²) in [5.74, 6) is 0. The number of aryl methyl sites for hydroxylation is 1. The molecule has 2 aromatic rings. The number of rotatable bonds is 1. The van der Waals surface area contributed by atoms with Gasteiger partial charge in [0.25, 0.3) is 0 Å². The summed E-state index contributed by atoms with van der Waals surface area (Å²) in [4.78, 5) is 3.24. The number of nitrogens with one attached hydrogen (secondary N) is 1. The monoisotopic (exact) mass is 262 g/mol. The average molecular weight is 262 g/mol. The second kappa shape index (κ2) is 4.52. The highest BCUT2D eigenvalue weighted by Crippen LogP contribution is 2.32. The number of imidazole rings is 1. The Labute approximate surface area is 111 Å².